The Morgan fingerprint density at radius 1 is 1.17 bits per heavy atom. The predicted molar refractivity (Wildman–Crippen MR) is 84.5 cm³/mol. The Morgan fingerprint density at radius 3 is 2.52 bits per heavy atom. The topological polar surface area (TPSA) is 94.1 Å². The normalized spacial score (nSPS) is 11.7. The van der Waals surface area contributed by atoms with Gasteiger partial charge in [-0.15, -0.1) is 0 Å². The molecule has 1 atom stereocenters. The van der Waals surface area contributed by atoms with Crippen LogP contribution in [0.25, 0.3) is 0 Å². The van der Waals surface area contributed by atoms with Crippen molar-refractivity contribution in [2.24, 2.45) is 0 Å². The lowest BCUT2D eigenvalue weighted by Crippen LogP contribution is -2.30. The molecule has 0 unspecified atom stereocenters. The Morgan fingerprint density at radius 2 is 1.91 bits per heavy atom. The van der Waals surface area contributed by atoms with Gasteiger partial charge in [-0.25, -0.2) is 14.8 Å². The minimum atomic E-state index is -1.07. The monoisotopic (exact) mass is 354 g/mol. The minimum Gasteiger partial charge on any atom is -0.448 e. The Labute approximate surface area is 142 Å². The molecule has 0 radical (unpaired) electrons. The maximum absolute atomic E-state index is 12.0. The zero-order chi connectivity index (χ0) is 17.0. The van der Waals surface area contributed by atoms with E-state index < -0.39 is 18.0 Å². The molecule has 7 nitrogen and oxygen atoms in total. The standard InChI is InChI=1S/C14H12Cl2N4O3/c1-7-4-18-11(6-17-7)14(22)23-8(2)13(21)20-12-10(16)3-9(15)5-19-12/h3-6,8H,1-2H3,(H,19,20,21)/t8-/m0/s1. The molecule has 0 fully saturated rings. The first-order chi connectivity index (χ1) is 10.9. The first-order valence-electron chi connectivity index (χ1n) is 6.48. The summed E-state index contributed by atoms with van der Waals surface area (Å²) < 4.78 is 5.02. The van der Waals surface area contributed by atoms with E-state index in [0.717, 1.165) is 0 Å². The second-order valence-corrected chi connectivity index (χ2v) is 5.41. The van der Waals surface area contributed by atoms with E-state index in [1.165, 1.54) is 31.6 Å². The number of nitrogens with one attached hydrogen (secondary N) is 1. The highest BCUT2D eigenvalue weighted by Gasteiger charge is 2.21. The molecule has 2 aromatic rings. The molecule has 0 aliphatic rings. The smallest absolute Gasteiger partial charge is 0.359 e. The van der Waals surface area contributed by atoms with Crippen molar-refractivity contribution in [3.8, 4) is 0 Å². The molecule has 0 spiro atoms. The fourth-order valence-corrected chi connectivity index (χ4v) is 1.92. The van der Waals surface area contributed by atoms with Gasteiger partial charge in [0.05, 0.1) is 21.9 Å². The summed E-state index contributed by atoms with van der Waals surface area (Å²) in [6.45, 7) is 3.15. The van der Waals surface area contributed by atoms with Crippen LogP contribution in [0.5, 0.6) is 0 Å². The summed E-state index contributed by atoms with van der Waals surface area (Å²) >= 11 is 11.6. The molecule has 0 saturated carbocycles. The molecule has 2 aromatic heterocycles. The van der Waals surface area contributed by atoms with Crippen LogP contribution >= 0.6 is 23.2 Å². The SMILES string of the molecule is Cc1cnc(C(=O)O[C@@H](C)C(=O)Nc2ncc(Cl)cc2Cl)cn1. The van der Waals surface area contributed by atoms with Crippen LogP contribution in [0.1, 0.15) is 23.1 Å². The van der Waals surface area contributed by atoms with Crippen LogP contribution in [0.2, 0.25) is 10.0 Å². The van der Waals surface area contributed by atoms with E-state index in [4.69, 9.17) is 27.9 Å². The fourth-order valence-electron chi connectivity index (χ4n) is 1.50. The number of pyridine rings is 1. The van der Waals surface area contributed by atoms with E-state index in [0.29, 0.717) is 10.7 Å². The summed E-state index contributed by atoms with van der Waals surface area (Å²) in [6, 6.07) is 1.43. The summed E-state index contributed by atoms with van der Waals surface area (Å²) in [4.78, 5) is 35.6. The van der Waals surface area contributed by atoms with Crippen molar-refractivity contribution >= 4 is 40.9 Å². The lowest BCUT2D eigenvalue weighted by atomic mass is 10.3. The van der Waals surface area contributed by atoms with Gasteiger partial charge in [0.25, 0.3) is 5.91 Å². The number of hydrogen-bond donors (Lipinski definition) is 1. The van der Waals surface area contributed by atoms with E-state index in [1.807, 2.05) is 0 Å². The maximum atomic E-state index is 12.0. The van der Waals surface area contributed by atoms with Gasteiger partial charge in [0.2, 0.25) is 0 Å². The highest BCUT2D eigenvalue weighted by molar-refractivity contribution is 6.36. The van der Waals surface area contributed by atoms with Gasteiger partial charge in [-0.1, -0.05) is 23.2 Å². The Kier molecular flexibility index (Phi) is 5.46. The largest absolute Gasteiger partial charge is 0.448 e. The summed E-state index contributed by atoms with van der Waals surface area (Å²) in [5.74, 6) is -1.22. The average molecular weight is 355 g/mol. The second-order valence-electron chi connectivity index (χ2n) is 4.56. The number of hydrogen-bond acceptors (Lipinski definition) is 6. The number of esters is 1. The Bertz CT molecular complexity index is 737. The van der Waals surface area contributed by atoms with Crippen LogP contribution in [-0.4, -0.2) is 32.9 Å². The molecule has 120 valence electrons. The molecule has 2 heterocycles. The minimum absolute atomic E-state index is 0.0119. The molecule has 0 saturated heterocycles. The van der Waals surface area contributed by atoms with Gasteiger partial charge >= 0.3 is 5.97 Å². The highest BCUT2D eigenvalue weighted by Crippen LogP contribution is 2.22. The molecule has 23 heavy (non-hydrogen) atoms. The molecule has 1 amide bonds. The van der Waals surface area contributed by atoms with E-state index in [9.17, 15) is 9.59 Å². The van der Waals surface area contributed by atoms with Crippen molar-refractivity contribution < 1.29 is 14.3 Å². The van der Waals surface area contributed by atoms with Gasteiger partial charge in [0.15, 0.2) is 17.6 Å². The van der Waals surface area contributed by atoms with Gasteiger partial charge < -0.3 is 10.1 Å². The number of nitrogens with zero attached hydrogens (tertiary/aromatic N) is 3. The van der Waals surface area contributed by atoms with Gasteiger partial charge in [-0.3, -0.25) is 9.78 Å². The Hall–Kier alpha value is -2.25. The molecule has 1 N–H and O–H groups in total. The molecule has 0 aromatic carbocycles. The summed E-state index contributed by atoms with van der Waals surface area (Å²) in [6.07, 6.45) is 2.97. The zero-order valence-electron chi connectivity index (χ0n) is 12.2. The number of aromatic nitrogens is 3. The van der Waals surface area contributed by atoms with Crippen molar-refractivity contribution in [1.29, 1.82) is 0 Å². The van der Waals surface area contributed by atoms with Crippen LogP contribution in [0.4, 0.5) is 5.82 Å². The van der Waals surface area contributed by atoms with E-state index in [1.54, 1.807) is 6.92 Å². The third-order valence-electron chi connectivity index (χ3n) is 2.69. The summed E-state index contributed by atoms with van der Waals surface area (Å²) in [5, 5.41) is 2.96. The van der Waals surface area contributed by atoms with Gasteiger partial charge in [0, 0.05) is 12.4 Å². The third kappa shape index (κ3) is 4.61. The quantitative estimate of drug-likeness (QED) is 0.848. The molecule has 2 rings (SSSR count). The van der Waals surface area contributed by atoms with Crippen LogP contribution in [0.15, 0.2) is 24.7 Å². The van der Waals surface area contributed by atoms with Crippen molar-refractivity contribution in [2.45, 2.75) is 20.0 Å². The maximum Gasteiger partial charge on any atom is 0.359 e. The number of ether oxygens (including phenoxy) is 1. The number of halogens is 2. The van der Waals surface area contributed by atoms with Crippen molar-refractivity contribution in [1.82, 2.24) is 15.0 Å². The van der Waals surface area contributed by atoms with Crippen LogP contribution in [-0.2, 0) is 9.53 Å². The van der Waals surface area contributed by atoms with E-state index in [2.05, 4.69) is 20.3 Å². The molecule has 0 aliphatic heterocycles. The van der Waals surface area contributed by atoms with Crippen molar-refractivity contribution in [2.75, 3.05) is 5.32 Å². The molecule has 9 heteroatoms. The second kappa shape index (κ2) is 7.34. The lowest BCUT2D eigenvalue weighted by molar-refractivity contribution is -0.123. The summed E-state index contributed by atoms with van der Waals surface area (Å²) in [7, 11) is 0. The van der Waals surface area contributed by atoms with Crippen LogP contribution < -0.4 is 5.32 Å². The highest BCUT2D eigenvalue weighted by atomic mass is 35.5. The number of rotatable bonds is 4. The average Bonchev–Trinajstić information content (AvgIpc) is 2.50. The number of aryl methyl sites for hydroxylation is 1. The van der Waals surface area contributed by atoms with Crippen LogP contribution in [0, 0.1) is 6.92 Å². The van der Waals surface area contributed by atoms with Gasteiger partial charge in [-0.2, -0.15) is 0 Å². The van der Waals surface area contributed by atoms with Gasteiger partial charge in [-0.05, 0) is 19.9 Å². The first kappa shape index (κ1) is 17.1. The number of carbonyl (C=O) groups is 2. The number of amides is 1. The third-order valence-corrected chi connectivity index (χ3v) is 3.19. The molecule has 0 aliphatic carbocycles. The lowest BCUT2D eigenvalue weighted by Gasteiger charge is -2.13. The van der Waals surface area contributed by atoms with Gasteiger partial charge in [0.1, 0.15) is 0 Å². The predicted octanol–water partition coefficient (Wildman–Crippen LogP) is 2.67. The number of anilines is 1. The number of carbonyl (C=O) groups excluding carboxylic acids is 2. The molecule has 0 bridgehead atoms. The first-order valence-corrected chi connectivity index (χ1v) is 7.24. The molecular formula is C14H12Cl2N4O3. The van der Waals surface area contributed by atoms with Crippen LogP contribution in [0.3, 0.4) is 0 Å². The Balaban J connectivity index is 1.99. The van der Waals surface area contributed by atoms with Crippen molar-refractivity contribution in [3.63, 3.8) is 0 Å². The molecular weight excluding hydrogens is 343 g/mol. The fraction of sp³-hybridized carbons (Fsp3) is 0.214. The zero-order valence-corrected chi connectivity index (χ0v) is 13.7. The van der Waals surface area contributed by atoms with E-state index >= 15 is 0 Å². The van der Waals surface area contributed by atoms with E-state index in [-0.39, 0.29) is 16.5 Å². The van der Waals surface area contributed by atoms with Crippen molar-refractivity contribution in [3.05, 3.63) is 46.1 Å². The summed E-state index contributed by atoms with van der Waals surface area (Å²) in [5.41, 5.74) is 0.675.